The Balaban J connectivity index is 2.20. The van der Waals surface area contributed by atoms with Crippen LogP contribution in [-0.2, 0) is 4.79 Å². The number of amides is 1. The number of nitrogens with two attached hydrogens (primary N) is 1. The molecular formula is C12H12BrFN2O3. The summed E-state index contributed by atoms with van der Waals surface area (Å²) in [6, 6.07) is 3.85. The molecule has 1 aromatic rings. The number of nitrogens with zero attached hydrogens (tertiary/aromatic N) is 1. The van der Waals surface area contributed by atoms with Crippen LogP contribution in [0.25, 0.3) is 0 Å². The van der Waals surface area contributed by atoms with E-state index in [-0.39, 0.29) is 25.1 Å². The van der Waals surface area contributed by atoms with Crippen molar-refractivity contribution in [3.63, 3.8) is 0 Å². The molecule has 102 valence electrons. The zero-order chi connectivity index (χ0) is 14.2. The zero-order valence-electron chi connectivity index (χ0n) is 9.90. The van der Waals surface area contributed by atoms with Crippen LogP contribution in [0.2, 0.25) is 0 Å². The van der Waals surface area contributed by atoms with Gasteiger partial charge in [0.05, 0.1) is 0 Å². The molecule has 1 aromatic carbocycles. The normalized spacial score (nSPS) is 22.6. The highest BCUT2D eigenvalue weighted by Crippen LogP contribution is 2.23. The number of hydrogen-bond acceptors (Lipinski definition) is 3. The molecule has 1 atom stereocenters. The highest BCUT2D eigenvalue weighted by molar-refractivity contribution is 9.10. The summed E-state index contributed by atoms with van der Waals surface area (Å²) in [6.45, 7) is 0.172. The van der Waals surface area contributed by atoms with Crippen LogP contribution in [0.1, 0.15) is 16.8 Å². The first-order valence-corrected chi connectivity index (χ1v) is 6.39. The highest BCUT2D eigenvalue weighted by Gasteiger charge is 2.43. The fraction of sp³-hybridized carbons (Fsp3) is 0.333. The molecule has 0 spiro atoms. The van der Waals surface area contributed by atoms with E-state index in [1.54, 1.807) is 0 Å². The van der Waals surface area contributed by atoms with Crippen molar-refractivity contribution >= 4 is 27.8 Å². The molecule has 5 nitrogen and oxygen atoms in total. The predicted octanol–water partition coefficient (Wildman–Crippen LogP) is 1.22. The van der Waals surface area contributed by atoms with Crippen LogP contribution in [0.15, 0.2) is 22.7 Å². The molecule has 0 saturated carbocycles. The molecule has 1 amide bonds. The lowest BCUT2D eigenvalue weighted by molar-refractivity contribution is -0.142. The smallest absolute Gasteiger partial charge is 0.325 e. The van der Waals surface area contributed by atoms with Crippen molar-refractivity contribution in [1.82, 2.24) is 4.90 Å². The molecule has 0 aliphatic carbocycles. The largest absolute Gasteiger partial charge is 0.480 e. The van der Waals surface area contributed by atoms with Crippen LogP contribution in [0.3, 0.4) is 0 Å². The molecule has 1 fully saturated rings. The number of hydrogen-bond donors (Lipinski definition) is 2. The summed E-state index contributed by atoms with van der Waals surface area (Å²) in [5.41, 5.74) is 4.44. The molecule has 1 aliphatic heterocycles. The minimum absolute atomic E-state index is 0.0741. The van der Waals surface area contributed by atoms with Gasteiger partial charge in [0.25, 0.3) is 5.91 Å². The highest BCUT2D eigenvalue weighted by atomic mass is 79.9. The van der Waals surface area contributed by atoms with E-state index in [2.05, 4.69) is 15.9 Å². The predicted molar refractivity (Wildman–Crippen MR) is 69.2 cm³/mol. The van der Waals surface area contributed by atoms with Gasteiger partial charge in [0.2, 0.25) is 0 Å². The molecule has 1 unspecified atom stereocenters. The molecule has 0 bridgehead atoms. The number of carboxylic acids is 1. The quantitative estimate of drug-likeness (QED) is 0.853. The lowest BCUT2D eigenvalue weighted by atomic mass is 10.0. The molecule has 3 N–H and O–H groups in total. The Morgan fingerprint density at radius 2 is 2.11 bits per heavy atom. The molecule has 1 saturated heterocycles. The third-order valence-electron chi connectivity index (χ3n) is 3.12. The zero-order valence-corrected chi connectivity index (χ0v) is 11.5. The molecule has 0 radical (unpaired) electrons. The second-order valence-electron chi connectivity index (χ2n) is 4.60. The van der Waals surface area contributed by atoms with Gasteiger partial charge in [0.1, 0.15) is 11.4 Å². The Morgan fingerprint density at radius 3 is 2.63 bits per heavy atom. The molecule has 19 heavy (non-hydrogen) atoms. The van der Waals surface area contributed by atoms with E-state index in [1.807, 2.05) is 0 Å². The lowest BCUT2D eigenvalue weighted by Crippen LogP contribution is -2.50. The number of rotatable bonds is 2. The molecular weight excluding hydrogens is 319 g/mol. The molecule has 1 aliphatic rings. The fourth-order valence-corrected chi connectivity index (χ4v) is 2.51. The molecule has 0 aromatic heterocycles. The number of halogens is 2. The lowest BCUT2D eigenvalue weighted by Gasteiger charge is -2.20. The number of carbonyl (C=O) groups excluding carboxylic acids is 1. The number of benzene rings is 1. The first kappa shape index (κ1) is 14.0. The summed E-state index contributed by atoms with van der Waals surface area (Å²) in [4.78, 5) is 24.5. The van der Waals surface area contributed by atoms with Gasteiger partial charge in [0.15, 0.2) is 0 Å². The van der Waals surface area contributed by atoms with E-state index in [4.69, 9.17) is 10.8 Å². The van der Waals surface area contributed by atoms with E-state index in [1.165, 1.54) is 17.0 Å². The van der Waals surface area contributed by atoms with Crippen molar-refractivity contribution in [2.24, 2.45) is 5.73 Å². The van der Waals surface area contributed by atoms with Crippen molar-refractivity contribution in [3.05, 3.63) is 34.1 Å². The van der Waals surface area contributed by atoms with Gasteiger partial charge in [-0.3, -0.25) is 9.59 Å². The van der Waals surface area contributed by atoms with E-state index in [0.29, 0.717) is 4.47 Å². The van der Waals surface area contributed by atoms with Gasteiger partial charge in [-0.2, -0.15) is 0 Å². The van der Waals surface area contributed by atoms with Gasteiger partial charge in [-0.15, -0.1) is 0 Å². The first-order valence-electron chi connectivity index (χ1n) is 5.59. The van der Waals surface area contributed by atoms with E-state index in [0.717, 1.165) is 6.07 Å². The SMILES string of the molecule is NC1(C(=O)O)CCN(C(=O)c2cc(F)cc(Br)c2)C1. The summed E-state index contributed by atoms with van der Waals surface area (Å²) in [5, 5.41) is 9.00. The minimum Gasteiger partial charge on any atom is -0.480 e. The van der Waals surface area contributed by atoms with Gasteiger partial charge in [-0.1, -0.05) is 15.9 Å². The first-order chi connectivity index (χ1) is 8.82. The third-order valence-corrected chi connectivity index (χ3v) is 3.58. The molecule has 7 heteroatoms. The monoisotopic (exact) mass is 330 g/mol. The number of likely N-dealkylation sites (tertiary alicyclic amines) is 1. The Morgan fingerprint density at radius 1 is 1.42 bits per heavy atom. The third kappa shape index (κ3) is 2.76. The number of carboxylic acid groups (broad SMARTS) is 1. The fourth-order valence-electron chi connectivity index (χ4n) is 2.04. The second kappa shape index (κ2) is 4.90. The van der Waals surface area contributed by atoms with Crippen LogP contribution in [0.5, 0.6) is 0 Å². The van der Waals surface area contributed by atoms with E-state index in [9.17, 15) is 14.0 Å². The minimum atomic E-state index is -1.42. The Kier molecular flexibility index (Phi) is 3.60. The maximum absolute atomic E-state index is 13.2. The number of aliphatic carboxylic acids is 1. The van der Waals surface area contributed by atoms with Crippen LogP contribution in [0.4, 0.5) is 4.39 Å². The van der Waals surface area contributed by atoms with Gasteiger partial charge >= 0.3 is 5.97 Å². The molecule has 2 rings (SSSR count). The summed E-state index contributed by atoms with van der Waals surface area (Å²) in [7, 11) is 0. The standard InChI is InChI=1S/C12H12BrFN2O3/c13-8-3-7(4-9(14)5-8)10(17)16-2-1-12(15,6-16)11(18)19/h3-5H,1-2,6,15H2,(H,18,19). The van der Waals surface area contributed by atoms with Crippen LogP contribution in [0, 0.1) is 5.82 Å². The summed E-state index contributed by atoms with van der Waals surface area (Å²) < 4.78 is 13.7. The Labute approximate surface area is 117 Å². The van der Waals surface area contributed by atoms with Gasteiger partial charge in [-0.05, 0) is 24.6 Å². The van der Waals surface area contributed by atoms with Crippen molar-refractivity contribution in [1.29, 1.82) is 0 Å². The average molecular weight is 331 g/mol. The van der Waals surface area contributed by atoms with Gasteiger partial charge < -0.3 is 15.7 Å². The molecule has 1 heterocycles. The van der Waals surface area contributed by atoms with Gasteiger partial charge in [-0.25, -0.2) is 4.39 Å². The van der Waals surface area contributed by atoms with Crippen LogP contribution >= 0.6 is 15.9 Å². The van der Waals surface area contributed by atoms with E-state index >= 15 is 0 Å². The topological polar surface area (TPSA) is 83.6 Å². The second-order valence-corrected chi connectivity index (χ2v) is 5.51. The van der Waals surface area contributed by atoms with Gasteiger partial charge in [0, 0.05) is 23.1 Å². The van der Waals surface area contributed by atoms with Crippen molar-refractivity contribution in [2.45, 2.75) is 12.0 Å². The maximum Gasteiger partial charge on any atom is 0.325 e. The van der Waals surface area contributed by atoms with Crippen LogP contribution < -0.4 is 5.73 Å². The Hall–Kier alpha value is -1.47. The average Bonchev–Trinajstić information content (AvgIpc) is 2.71. The summed E-state index contributed by atoms with van der Waals surface area (Å²) in [6.07, 6.45) is 0.185. The van der Waals surface area contributed by atoms with Crippen molar-refractivity contribution < 1.29 is 19.1 Å². The van der Waals surface area contributed by atoms with Crippen LogP contribution in [-0.4, -0.2) is 40.5 Å². The van der Waals surface area contributed by atoms with E-state index < -0.39 is 23.2 Å². The maximum atomic E-state index is 13.2. The summed E-state index contributed by atoms with van der Waals surface area (Å²) >= 11 is 3.11. The van der Waals surface area contributed by atoms with Crippen molar-refractivity contribution in [2.75, 3.05) is 13.1 Å². The Bertz CT molecular complexity index is 532. The number of carbonyl (C=O) groups is 2. The van der Waals surface area contributed by atoms with Crippen molar-refractivity contribution in [3.8, 4) is 0 Å². The summed E-state index contributed by atoms with van der Waals surface area (Å²) in [5.74, 6) is -2.09.